The van der Waals surface area contributed by atoms with Gasteiger partial charge in [0.05, 0.1) is 165 Å². The Balaban J connectivity index is 3.04. The van der Waals surface area contributed by atoms with Crippen molar-refractivity contribution in [3.63, 3.8) is 0 Å². The van der Waals surface area contributed by atoms with Gasteiger partial charge in [0, 0.05) is 12.5 Å². The molecule has 0 aliphatic carbocycles. The van der Waals surface area contributed by atoms with Crippen LogP contribution in [0, 0.1) is 0 Å². The molecule has 290 valence electrons. The van der Waals surface area contributed by atoms with E-state index in [2.05, 4.69) is 6.92 Å². The zero-order chi connectivity index (χ0) is 34.5. The topological polar surface area (TPSA) is 120 Å². The fourth-order valence-corrected chi connectivity index (χ4v) is 3.89. The molecule has 0 aliphatic heterocycles. The van der Waals surface area contributed by atoms with Crippen molar-refractivity contribution < 1.29 is 61.6 Å². The second kappa shape index (κ2) is 46.8. The Hall–Kier alpha value is -0.230. The minimum atomic E-state index is 0.498. The molecule has 0 aromatic carbocycles. The molecule has 0 spiro atoms. The van der Waals surface area contributed by atoms with E-state index in [4.69, 9.17) is 73.2 Å². The molecule has 0 heterocycles. The minimum Gasteiger partial charge on any atom is -0.379 e. The highest BCUT2D eigenvalue weighted by molar-refractivity contribution is 6.17. The molecule has 0 bridgehead atoms. The van der Waals surface area contributed by atoms with E-state index in [0.717, 1.165) is 13.0 Å². The van der Waals surface area contributed by atoms with Crippen LogP contribution < -0.4 is 0 Å². The summed E-state index contributed by atoms with van der Waals surface area (Å²) in [5.74, 6) is 0.498. The molecular formula is C34H69ClO13. The van der Waals surface area contributed by atoms with Crippen molar-refractivity contribution >= 4 is 11.6 Å². The molecule has 0 radical (unpaired) electrons. The van der Waals surface area contributed by atoms with Crippen LogP contribution in [0.15, 0.2) is 0 Å². The molecule has 14 heteroatoms. The minimum absolute atomic E-state index is 0.498. The Labute approximate surface area is 296 Å². The van der Waals surface area contributed by atoms with Crippen LogP contribution in [0.4, 0.5) is 0 Å². The van der Waals surface area contributed by atoms with E-state index < -0.39 is 0 Å². The third-order valence-corrected chi connectivity index (χ3v) is 6.48. The fourth-order valence-electron chi connectivity index (χ4n) is 3.78. The molecule has 0 rings (SSSR count). The van der Waals surface area contributed by atoms with Crippen LogP contribution in [0.5, 0.6) is 0 Å². The van der Waals surface area contributed by atoms with Crippen molar-refractivity contribution in [2.75, 3.05) is 178 Å². The lowest BCUT2D eigenvalue weighted by Crippen LogP contribution is -2.15. The average Bonchev–Trinajstić information content (AvgIpc) is 3.10. The molecule has 0 fully saturated rings. The van der Waals surface area contributed by atoms with Gasteiger partial charge in [0.1, 0.15) is 0 Å². The highest BCUT2D eigenvalue weighted by Crippen LogP contribution is 2.04. The van der Waals surface area contributed by atoms with Crippen molar-refractivity contribution in [2.24, 2.45) is 0 Å². The Kier molecular flexibility index (Phi) is 46.5. The number of ether oxygens (including phenoxy) is 13. The standard InChI is InChI=1S/C34H69ClO13/c1-2-3-4-5-6-7-9-36-11-13-38-15-17-40-19-21-42-23-25-44-27-29-46-31-33-48-34-32-47-30-28-45-26-24-43-22-20-41-18-16-39-14-12-37-10-8-35/h2-34H2,1H3. The molecule has 0 unspecified atom stereocenters. The first kappa shape index (κ1) is 47.8. The molecule has 0 aromatic rings. The first-order chi connectivity index (χ1) is 23.9. The van der Waals surface area contributed by atoms with Gasteiger partial charge in [-0.15, -0.1) is 11.6 Å². The molecule has 0 saturated heterocycles. The van der Waals surface area contributed by atoms with Crippen LogP contribution in [-0.2, 0) is 61.6 Å². The first-order valence-electron chi connectivity index (χ1n) is 18.0. The van der Waals surface area contributed by atoms with Gasteiger partial charge in [-0.3, -0.25) is 0 Å². The molecule has 48 heavy (non-hydrogen) atoms. The average molecular weight is 721 g/mol. The van der Waals surface area contributed by atoms with Gasteiger partial charge in [-0.25, -0.2) is 0 Å². The van der Waals surface area contributed by atoms with Gasteiger partial charge in [-0.05, 0) is 6.42 Å². The van der Waals surface area contributed by atoms with Gasteiger partial charge in [0.15, 0.2) is 0 Å². The summed E-state index contributed by atoms with van der Waals surface area (Å²) in [5.41, 5.74) is 0. The Morgan fingerprint density at radius 2 is 0.417 bits per heavy atom. The summed E-state index contributed by atoms with van der Waals surface area (Å²) >= 11 is 5.51. The summed E-state index contributed by atoms with van der Waals surface area (Å²) in [6.07, 6.45) is 7.68. The molecule has 0 amide bonds. The third-order valence-electron chi connectivity index (χ3n) is 6.33. The summed E-state index contributed by atoms with van der Waals surface area (Å²) in [7, 11) is 0. The SMILES string of the molecule is CCCCCCCCOCCOCCOCCOCCOCCOCCOCCOCCOCCOCCOCCOCCOCCCl. The molecule has 0 atom stereocenters. The predicted molar refractivity (Wildman–Crippen MR) is 185 cm³/mol. The number of halogens is 1. The van der Waals surface area contributed by atoms with Gasteiger partial charge >= 0.3 is 0 Å². The zero-order valence-corrected chi connectivity index (χ0v) is 30.8. The fraction of sp³-hybridized carbons (Fsp3) is 1.00. The van der Waals surface area contributed by atoms with E-state index in [1.54, 1.807) is 0 Å². The van der Waals surface area contributed by atoms with Gasteiger partial charge in [-0.1, -0.05) is 39.0 Å². The maximum atomic E-state index is 5.59. The van der Waals surface area contributed by atoms with E-state index >= 15 is 0 Å². The number of hydrogen-bond acceptors (Lipinski definition) is 13. The molecular weight excluding hydrogens is 652 g/mol. The van der Waals surface area contributed by atoms with Crippen molar-refractivity contribution in [1.29, 1.82) is 0 Å². The predicted octanol–water partition coefficient (Wildman–Crippen LogP) is 3.80. The molecule has 0 N–H and O–H groups in total. The van der Waals surface area contributed by atoms with Crippen molar-refractivity contribution in [3.05, 3.63) is 0 Å². The summed E-state index contributed by atoms with van der Waals surface area (Å²) in [6, 6.07) is 0. The highest BCUT2D eigenvalue weighted by atomic mass is 35.5. The number of unbranched alkanes of at least 4 members (excludes halogenated alkanes) is 5. The Morgan fingerprint density at radius 3 is 0.646 bits per heavy atom. The summed E-state index contributed by atoms with van der Waals surface area (Å²) < 4.78 is 71.0. The third kappa shape index (κ3) is 45.8. The van der Waals surface area contributed by atoms with Gasteiger partial charge in [-0.2, -0.15) is 0 Å². The molecule has 0 saturated carbocycles. The quantitative estimate of drug-likeness (QED) is 0.0671. The second-order valence-electron chi connectivity index (χ2n) is 10.4. The van der Waals surface area contributed by atoms with E-state index in [9.17, 15) is 0 Å². The van der Waals surface area contributed by atoms with Crippen LogP contribution in [0.25, 0.3) is 0 Å². The van der Waals surface area contributed by atoms with Crippen LogP contribution in [0.3, 0.4) is 0 Å². The van der Waals surface area contributed by atoms with E-state index in [1.165, 1.54) is 32.1 Å². The first-order valence-corrected chi connectivity index (χ1v) is 18.5. The smallest absolute Gasteiger partial charge is 0.0701 e. The molecule has 0 aromatic heterocycles. The summed E-state index contributed by atoms with van der Waals surface area (Å²) in [5, 5.41) is 0. The van der Waals surface area contributed by atoms with Crippen LogP contribution in [0.1, 0.15) is 45.4 Å². The largest absolute Gasteiger partial charge is 0.379 e. The summed E-state index contributed by atoms with van der Waals surface area (Å²) in [4.78, 5) is 0. The van der Waals surface area contributed by atoms with E-state index in [1.807, 2.05) is 0 Å². The van der Waals surface area contributed by atoms with Crippen molar-refractivity contribution in [2.45, 2.75) is 45.4 Å². The Bertz CT molecular complexity index is 509. The van der Waals surface area contributed by atoms with Crippen molar-refractivity contribution in [3.8, 4) is 0 Å². The summed E-state index contributed by atoms with van der Waals surface area (Å²) in [6.45, 7) is 16.4. The maximum Gasteiger partial charge on any atom is 0.0701 e. The monoisotopic (exact) mass is 720 g/mol. The van der Waals surface area contributed by atoms with Gasteiger partial charge in [0.2, 0.25) is 0 Å². The lowest BCUT2D eigenvalue weighted by Gasteiger charge is -2.09. The molecule has 0 aliphatic rings. The van der Waals surface area contributed by atoms with Crippen LogP contribution >= 0.6 is 11.6 Å². The van der Waals surface area contributed by atoms with Crippen molar-refractivity contribution in [1.82, 2.24) is 0 Å². The maximum absolute atomic E-state index is 5.59. The normalized spacial score (nSPS) is 11.6. The lowest BCUT2D eigenvalue weighted by atomic mass is 10.1. The number of alkyl halides is 1. The molecule has 13 nitrogen and oxygen atoms in total. The number of rotatable bonds is 45. The highest BCUT2D eigenvalue weighted by Gasteiger charge is 1.97. The second-order valence-corrected chi connectivity index (χ2v) is 10.8. The lowest BCUT2D eigenvalue weighted by molar-refractivity contribution is -0.0289. The number of hydrogen-bond donors (Lipinski definition) is 0. The van der Waals surface area contributed by atoms with Gasteiger partial charge in [0.25, 0.3) is 0 Å². The van der Waals surface area contributed by atoms with Crippen LogP contribution in [0.2, 0.25) is 0 Å². The van der Waals surface area contributed by atoms with E-state index in [-0.39, 0.29) is 0 Å². The zero-order valence-electron chi connectivity index (χ0n) is 30.0. The Morgan fingerprint density at radius 1 is 0.229 bits per heavy atom. The van der Waals surface area contributed by atoms with Crippen LogP contribution in [-0.4, -0.2) is 178 Å². The van der Waals surface area contributed by atoms with E-state index in [0.29, 0.717) is 171 Å². The van der Waals surface area contributed by atoms with Gasteiger partial charge < -0.3 is 61.6 Å².